The molecule has 0 aliphatic heterocycles. The van der Waals surface area contributed by atoms with E-state index in [-0.39, 0.29) is 11.7 Å². The Balaban J connectivity index is 2.39. The molecule has 2 rings (SSSR count). The van der Waals surface area contributed by atoms with E-state index in [0.29, 0.717) is 15.2 Å². The molecular formula is C10H7BrClN3O3. The Morgan fingerprint density at radius 1 is 1.56 bits per heavy atom. The molecule has 0 aliphatic carbocycles. The van der Waals surface area contributed by atoms with Gasteiger partial charge in [0.15, 0.2) is 0 Å². The first-order valence-corrected chi connectivity index (χ1v) is 5.94. The highest BCUT2D eigenvalue weighted by Crippen LogP contribution is 2.35. The maximum absolute atomic E-state index is 10.8. The first-order chi connectivity index (χ1) is 8.49. The van der Waals surface area contributed by atoms with Gasteiger partial charge >= 0.3 is 11.7 Å². The van der Waals surface area contributed by atoms with Crippen LogP contribution in [-0.4, -0.2) is 14.5 Å². The summed E-state index contributed by atoms with van der Waals surface area (Å²) in [6.45, 7) is 0. The fourth-order valence-electron chi connectivity index (χ4n) is 1.31. The number of imidazole rings is 1. The van der Waals surface area contributed by atoms with Crippen LogP contribution in [0.3, 0.4) is 0 Å². The van der Waals surface area contributed by atoms with Gasteiger partial charge in [-0.25, -0.2) is 0 Å². The molecule has 6 nitrogen and oxygen atoms in total. The molecule has 0 N–H and O–H groups in total. The van der Waals surface area contributed by atoms with Crippen molar-refractivity contribution < 1.29 is 9.66 Å². The maximum atomic E-state index is 10.8. The van der Waals surface area contributed by atoms with Gasteiger partial charge in [0.25, 0.3) is 0 Å². The van der Waals surface area contributed by atoms with Crippen molar-refractivity contribution in [1.82, 2.24) is 9.55 Å². The van der Waals surface area contributed by atoms with Crippen LogP contribution in [0.15, 0.2) is 29.0 Å². The molecule has 94 valence electrons. The second-order valence-electron chi connectivity index (χ2n) is 3.42. The van der Waals surface area contributed by atoms with E-state index in [0.717, 1.165) is 0 Å². The van der Waals surface area contributed by atoms with Gasteiger partial charge in [0.05, 0.1) is 4.47 Å². The first kappa shape index (κ1) is 12.8. The molecule has 8 heteroatoms. The predicted octanol–water partition coefficient (Wildman–Crippen LogP) is 3.54. The van der Waals surface area contributed by atoms with E-state index in [9.17, 15) is 10.1 Å². The maximum Gasteiger partial charge on any atom is 0.427 e. The van der Waals surface area contributed by atoms with Crippen molar-refractivity contribution >= 4 is 33.3 Å². The first-order valence-electron chi connectivity index (χ1n) is 4.77. The molecule has 18 heavy (non-hydrogen) atoms. The standard InChI is InChI=1S/C10H7BrClN3O3/c1-14-5-13-9(15(16)17)10(14)18-8-3-2-6(12)4-7(8)11/h2-5H,1H3. The smallest absolute Gasteiger partial charge is 0.427 e. The van der Waals surface area contributed by atoms with Crippen molar-refractivity contribution in [3.05, 3.63) is 44.1 Å². The SMILES string of the molecule is Cn1cnc([N+](=O)[O-])c1Oc1ccc(Cl)cc1Br. The molecule has 0 fully saturated rings. The molecule has 0 saturated heterocycles. The van der Waals surface area contributed by atoms with Crippen LogP contribution in [0.2, 0.25) is 5.02 Å². The minimum atomic E-state index is -0.598. The van der Waals surface area contributed by atoms with E-state index < -0.39 is 4.92 Å². The van der Waals surface area contributed by atoms with Crippen LogP contribution in [0.4, 0.5) is 5.82 Å². The summed E-state index contributed by atoms with van der Waals surface area (Å²) in [5.74, 6) is 0.147. The van der Waals surface area contributed by atoms with E-state index in [4.69, 9.17) is 16.3 Å². The third kappa shape index (κ3) is 2.46. The number of hydrogen-bond acceptors (Lipinski definition) is 4. The largest absolute Gasteiger partial charge is 0.432 e. The zero-order chi connectivity index (χ0) is 13.3. The topological polar surface area (TPSA) is 70.2 Å². The van der Waals surface area contributed by atoms with Crippen LogP contribution in [0, 0.1) is 10.1 Å². The van der Waals surface area contributed by atoms with Gasteiger partial charge < -0.3 is 14.9 Å². The van der Waals surface area contributed by atoms with Gasteiger partial charge in [-0.15, -0.1) is 0 Å². The molecule has 0 aliphatic rings. The quantitative estimate of drug-likeness (QED) is 0.637. The van der Waals surface area contributed by atoms with Gasteiger partial charge in [0, 0.05) is 12.1 Å². The number of benzene rings is 1. The minimum absolute atomic E-state index is 0.0584. The number of halogens is 2. The number of hydrogen-bond donors (Lipinski definition) is 0. The average Bonchev–Trinajstić information content (AvgIpc) is 2.64. The van der Waals surface area contributed by atoms with Gasteiger partial charge in [-0.1, -0.05) is 11.6 Å². The van der Waals surface area contributed by atoms with Crippen molar-refractivity contribution in [2.24, 2.45) is 7.05 Å². The highest BCUT2D eigenvalue weighted by Gasteiger charge is 2.23. The fraction of sp³-hybridized carbons (Fsp3) is 0.100. The molecule has 2 aromatic rings. The summed E-state index contributed by atoms with van der Waals surface area (Å²) in [5.41, 5.74) is 0. The second kappa shape index (κ2) is 4.95. The van der Waals surface area contributed by atoms with Crippen LogP contribution in [0.25, 0.3) is 0 Å². The van der Waals surface area contributed by atoms with E-state index in [1.807, 2.05) is 0 Å². The zero-order valence-corrected chi connectivity index (χ0v) is 11.5. The summed E-state index contributed by atoms with van der Waals surface area (Å²) < 4.78 is 7.51. The number of nitrogens with zero attached hydrogens (tertiary/aromatic N) is 3. The van der Waals surface area contributed by atoms with Gasteiger partial charge in [-0.05, 0) is 44.0 Å². The monoisotopic (exact) mass is 331 g/mol. The normalized spacial score (nSPS) is 10.4. The van der Waals surface area contributed by atoms with Gasteiger partial charge in [0.2, 0.25) is 6.33 Å². The summed E-state index contributed by atoms with van der Waals surface area (Å²) in [4.78, 5) is 13.8. The third-order valence-corrected chi connectivity index (χ3v) is 2.99. The van der Waals surface area contributed by atoms with Crippen LogP contribution in [0.1, 0.15) is 0 Å². The summed E-state index contributed by atoms with van der Waals surface area (Å²) in [7, 11) is 1.61. The molecule has 1 aromatic carbocycles. The Kier molecular flexibility index (Phi) is 3.53. The second-order valence-corrected chi connectivity index (χ2v) is 4.71. The molecule has 0 atom stereocenters. The molecule has 0 spiro atoms. The summed E-state index contributed by atoms with van der Waals surface area (Å²) in [6, 6.07) is 4.88. The van der Waals surface area contributed by atoms with Gasteiger partial charge in [0.1, 0.15) is 5.75 Å². The van der Waals surface area contributed by atoms with Crippen molar-refractivity contribution in [2.75, 3.05) is 0 Å². The lowest BCUT2D eigenvalue weighted by Crippen LogP contribution is -1.96. The van der Waals surface area contributed by atoms with Crippen LogP contribution < -0.4 is 4.74 Å². The molecule has 0 bridgehead atoms. The van der Waals surface area contributed by atoms with Gasteiger partial charge in [-0.3, -0.25) is 4.57 Å². The Bertz CT molecular complexity index is 614. The van der Waals surface area contributed by atoms with E-state index in [1.165, 1.54) is 10.9 Å². The number of aryl methyl sites for hydroxylation is 1. The molecule has 0 amide bonds. The van der Waals surface area contributed by atoms with Gasteiger partial charge in [-0.2, -0.15) is 0 Å². The summed E-state index contributed by atoms with van der Waals surface area (Å²) >= 11 is 9.07. The van der Waals surface area contributed by atoms with Crippen LogP contribution in [-0.2, 0) is 7.05 Å². The van der Waals surface area contributed by atoms with Crippen molar-refractivity contribution in [3.63, 3.8) is 0 Å². The number of ether oxygens (including phenoxy) is 1. The van der Waals surface area contributed by atoms with E-state index in [2.05, 4.69) is 20.9 Å². The highest BCUT2D eigenvalue weighted by atomic mass is 79.9. The Hall–Kier alpha value is -1.60. The van der Waals surface area contributed by atoms with Crippen molar-refractivity contribution in [2.45, 2.75) is 0 Å². The number of aromatic nitrogens is 2. The Morgan fingerprint density at radius 3 is 2.89 bits per heavy atom. The Morgan fingerprint density at radius 2 is 2.28 bits per heavy atom. The molecule has 0 radical (unpaired) electrons. The molecule has 1 aromatic heterocycles. The Labute approximate surface area is 115 Å². The number of rotatable bonds is 3. The number of nitro groups is 1. The third-order valence-electron chi connectivity index (χ3n) is 2.14. The predicted molar refractivity (Wildman–Crippen MR) is 69.1 cm³/mol. The van der Waals surface area contributed by atoms with E-state index in [1.54, 1.807) is 25.2 Å². The van der Waals surface area contributed by atoms with E-state index >= 15 is 0 Å². The van der Waals surface area contributed by atoms with Crippen LogP contribution >= 0.6 is 27.5 Å². The van der Waals surface area contributed by atoms with Crippen molar-refractivity contribution in [3.8, 4) is 11.6 Å². The van der Waals surface area contributed by atoms with Crippen molar-refractivity contribution in [1.29, 1.82) is 0 Å². The average molecular weight is 333 g/mol. The molecular weight excluding hydrogens is 325 g/mol. The lowest BCUT2D eigenvalue weighted by molar-refractivity contribution is -0.390. The molecule has 0 saturated carbocycles. The summed E-state index contributed by atoms with van der Waals surface area (Å²) in [5, 5.41) is 11.3. The minimum Gasteiger partial charge on any atom is -0.432 e. The lowest BCUT2D eigenvalue weighted by atomic mass is 10.3. The molecule has 0 unspecified atom stereocenters. The highest BCUT2D eigenvalue weighted by molar-refractivity contribution is 9.10. The lowest BCUT2D eigenvalue weighted by Gasteiger charge is -2.07. The summed E-state index contributed by atoms with van der Waals surface area (Å²) in [6.07, 6.45) is 1.32. The van der Waals surface area contributed by atoms with Crippen LogP contribution in [0.5, 0.6) is 11.6 Å². The fourth-order valence-corrected chi connectivity index (χ4v) is 2.08. The zero-order valence-electron chi connectivity index (χ0n) is 9.13. The molecule has 1 heterocycles.